The Morgan fingerprint density at radius 2 is 1.70 bits per heavy atom. The van der Waals surface area contributed by atoms with Crippen molar-refractivity contribution in [3.8, 4) is 0 Å². The van der Waals surface area contributed by atoms with Gasteiger partial charge in [0.2, 0.25) is 5.43 Å². The average molecular weight is 347 g/mol. The lowest BCUT2D eigenvalue weighted by Crippen LogP contribution is -2.23. The molecule has 0 aliphatic rings. The van der Waals surface area contributed by atoms with E-state index in [4.69, 9.17) is 23.2 Å². The minimum atomic E-state index is -0.550. The first-order valence-electron chi connectivity index (χ1n) is 6.83. The van der Waals surface area contributed by atoms with Crippen LogP contribution < -0.4 is 10.7 Å². The number of amides is 1. The Morgan fingerprint density at radius 1 is 1.04 bits per heavy atom. The van der Waals surface area contributed by atoms with Crippen LogP contribution in [0.5, 0.6) is 0 Å². The monoisotopic (exact) mass is 346 g/mol. The van der Waals surface area contributed by atoms with Gasteiger partial charge < -0.3 is 9.88 Å². The largest absolute Gasteiger partial charge is 0.350 e. The number of pyridine rings is 1. The van der Waals surface area contributed by atoms with Crippen molar-refractivity contribution in [1.82, 2.24) is 4.57 Å². The second-order valence-corrected chi connectivity index (χ2v) is 5.87. The first-order chi connectivity index (χ1) is 11.0. The number of nitrogens with zero attached hydrogens (tertiary/aromatic N) is 1. The molecule has 0 atom stereocenters. The summed E-state index contributed by atoms with van der Waals surface area (Å²) in [5.74, 6) is -0.550. The normalized spacial score (nSPS) is 10.7. The smallest absolute Gasteiger partial charge is 0.261 e. The number of aromatic nitrogens is 1. The number of fused-ring (bicyclic) bond motifs is 1. The van der Waals surface area contributed by atoms with Gasteiger partial charge in [0, 0.05) is 18.6 Å². The summed E-state index contributed by atoms with van der Waals surface area (Å²) < 4.78 is 1.74. The molecule has 0 spiro atoms. The Bertz CT molecular complexity index is 960. The van der Waals surface area contributed by atoms with Gasteiger partial charge in [0.1, 0.15) is 5.56 Å². The molecule has 4 nitrogen and oxygen atoms in total. The number of carbonyl (C=O) groups excluding carboxylic acids is 1. The molecule has 0 saturated heterocycles. The third-order valence-corrected chi connectivity index (χ3v) is 4.17. The quantitative estimate of drug-likeness (QED) is 0.759. The standard InChI is InChI=1S/C17H12Cl2N2O2/c1-21-9-11(16(22)10-5-2-3-8-14(10)21)17(23)20-15-12(18)6-4-7-13(15)19/h2-9H,1H3,(H,20,23). The maximum Gasteiger partial charge on any atom is 0.261 e. The van der Waals surface area contributed by atoms with Crippen LogP contribution in [0.4, 0.5) is 5.69 Å². The molecule has 3 rings (SSSR count). The third kappa shape index (κ3) is 2.83. The summed E-state index contributed by atoms with van der Waals surface area (Å²) in [6, 6.07) is 12.0. The van der Waals surface area contributed by atoms with Gasteiger partial charge in [-0.25, -0.2) is 0 Å². The zero-order valence-electron chi connectivity index (χ0n) is 12.1. The van der Waals surface area contributed by atoms with Gasteiger partial charge >= 0.3 is 0 Å². The number of rotatable bonds is 2. The van der Waals surface area contributed by atoms with Crippen LogP contribution in [0, 0.1) is 0 Å². The van der Waals surface area contributed by atoms with Crippen molar-refractivity contribution >= 4 is 45.7 Å². The molecule has 2 aromatic carbocycles. The molecule has 1 amide bonds. The number of nitrogens with one attached hydrogen (secondary N) is 1. The average Bonchev–Trinajstić information content (AvgIpc) is 2.54. The lowest BCUT2D eigenvalue weighted by molar-refractivity contribution is 0.102. The fourth-order valence-electron chi connectivity index (χ4n) is 2.40. The molecular weight excluding hydrogens is 335 g/mol. The summed E-state index contributed by atoms with van der Waals surface area (Å²) in [4.78, 5) is 25.0. The Hall–Kier alpha value is -2.30. The summed E-state index contributed by atoms with van der Waals surface area (Å²) in [5, 5.41) is 3.71. The molecule has 1 aromatic heterocycles. The SMILES string of the molecule is Cn1cc(C(=O)Nc2c(Cl)cccc2Cl)c(=O)c2ccccc21. The first-order valence-corrected chi connectivity index (χ1v) is 7.58. The fraction of sp³-hybridized carbons (Fsp3) is 0.0588. The topological polar surface area (TPSA) is 51.1 Å². The van der Waals surface area contributed by atoms with E-state index in [1.165, 1.54) is 6.20 Å². The molecule has 116 valence electrons. The van der Waals surface area contributed by atoms with Crippen molar-refractivity contribution in [1.29, 1.82) is 0 Å². The maximum absolute atomic E-state index is 12.5. The molecule has 23 heavy (non-hydrogen) atoms. The highest BCUT2D eigenvalue weighted by Crippen LogP contribution is 2.30. The number of aryl methyl sites for hydroxylation is 1. The van der Waals surface area contributed by atoms with Crippen LogP contribution in [0.2, 0.25) is 10.0 Å². The van der Waals surface area contributed by atoms with E-state index in [2.05, 4.69) is 5.32 Å². The summed E-state index contributed by atoms with van der Waals surface area (Å²) >= 11 is 12.1. The van der Waals surface area contributed by atoms with Gasteiger partial charge in [0.15, 0.2) is 0 Å². The predicted octanol–water partition coefficient (Wildman–Crippen LogP) is 4.10. The van der Waals surface area contributed by atoms with Gasteiger partial charge in [-0.05, 0) is 24.3 Å². The van der Waals surface area contributed by atoms with E-state index in [1.54, 1.807) is 41.9 Å². The highest BCUT2D eigenvalue weighted by molar-refractivity contribution is 6.40. The van der Waals surface area contributed by atoms with E-state index in [0.29, 0.717) is 15.4 Å². The van der Waals surface area contributed by atoms with Crippen molar-refractivity contribution in [2.24, 2.45) is 7.05 Å². The summed E-state index contributed by atoms with van der Waals surface area (Å²) in [6.07, 6.45) is 1.50. The van der Waals surface area contributed by atoms with E-state index in [9.17, 15) is 9.59 Å². The van der Waals surface area contributed by atoms with Gasteiger partial charge in [-0.15, -0.1) is 0 Å². The van der Waals surface area contributed by atoms with E-state index in [-0.39, 0.29) is 16.7 Å². The van der Waals surface area contributed by atoms with E-state index >= 15 is 0 Å². The Labute approximate surface area is 142 Å². The van der Waals surface area contributed by atoms with Crippen molar-refractivity contribution < 1.29 is 4.79 Å². The Morgan fingerprint density at radius 3 is 2.39 bits per heavy atom. The maximum atomic E-state index is 12.5. The number of benzene rings is 2. The van der Waals surface area contributed by atoms with Crippen LogP contribution in [0.15, 0.2) is 53.5 Å². The number of hydrogen-bond acceptors (Lipinski definition) is 2. The number of halogens is 2. The Kier molecular flexibility index (Phi) is 4.11. The molecular formula is C17H12Cl2N2O2. The number of anilines is 1. The number of hydrogen-bond donors (Lipinski definition) is 1. The molecule has 0 fully saturated rings. The van der Waals surface area contributed by atoms with Crippen LogP contribution in [0.25, 0.3) is 10.9 Å². The Balaban J connectivity index is 2.09. The van der Waals surface area contributed by atoms with Crippen LogP contribution in [0.3, 0.4) is 0 Å². The minimum Gasteiger partial charge on any atom is -0.350 e. The molecule has 1 heterocycles. The fourth-order valence-corrected chi connectivity index (χ4v) is 2.89. The summed E-state index contributed by atoms with van der Waals surface area (Å²) in [7, 11) is 1.78. The second-order valence-electron chi connectivity index (χ2n) is 5.05. The predicted molar refractivity (Wildman–Crippen MR) is 93.6 cm³/mol. The molecule has 0 aliphatic heterocycles. The molecule has 0 saturated carbocycles. The second kappa shape index (κ2) is 6.07. The van der Waals surface area contributed by atoms with Crippen molar-refractivity contribution in [3.63, 3.8) is 0 Å². The molecule has 3 aromatic rings. The highest BCUT2D eigenvalue weighted by atomic mass is 35.5. The van der Waals surface area contributed by atoms with Crippen LogP contribution in [-0.4, -0.2) is 10.5 Å². The number of carbonyl (C=O) groups is 1. The van der Waals surface area contributed by atoms with Crippen molar-refractivity contribution in [3.05, 3.63) is 74.5 Å². The van der Waals surface area contributed by atoms with Gasteiger partial charge in [0.25, 0.3) is 5.91 Å². The minimum absolute atomic E-state index is 0.0298. The lowest BCUT2D eigenvalue weighted by atomic mass is 10.1. The van der Waals surface area contributed by atoms with E-state index in [0.717, 1.165) is 5.52 Å². The van der Waals surface area contributed by atoms with Gasteiger partial charge in [-0.3, -0.25) is 9.59 Å². The molecule has 0 unspecified atom stereocenters. The van der Waals surface area contributed by atoms with E-state index in [1.807, 2.05) is 12.1 Å². The van der Waals surface area contributed by atoms with Gasteiger partial charge in [0.05, 0.1) is 21.2 Å². The molecule has 0 aliphatic carbocycles. The molecule has 1 N–H and O–H groups in total. The summed E-state index contributed by atoms with van der Waals surface area (Å²) in [5.41, 5.74) is 0.738. The first kappa shape index (κ1) is 15.6. The summed E-state index contributed by atoms with van der Waals surface area (Å²) in [6.45, 7) is 0. The lowest BCUT2D eigenvalue weighted by Gasteiger charge is -2.11. The highest BCUT2D eigenvalue weighted by Gasteiger charge is 2.16. The van der Waals surface area contributed by atoms with Crippen LogP contribution in [0.1, 0.15) is 10.4 Å². The van der Waals surface area contributed by atoms with Crippen molar-refractivity contribution in [2.45, 2.75) is 0 Å². The van der Waals surface area contributed by atoms with Crippen LogP contribution >= 0.6 is 23.2 Å². The molecule has 6 heteroatoms. The van der Waals surface area contributed by atoms with Crippen molar-refractivity contribution in [2.75, 3.05) is 5.32 Å². The molecule has 0 bridgehead atoms. The van der Waals surface area contributed by atoms with Crippen LogP contribution in [-0.2, 0) is 7.05 Å². The third-order valence-electron chi connectivity index (χ3n) is 3.54. The zero-order valence-corrected chi connectivity index (χ0v) is 13.7. The van der Waals surface area contributed by atoms with Gasteiger partial charge in [-0.2, -0.15) is 0 Å². The number of para-hydroxylation sites is 2. The van der Waals surface area contributed by atoms with Gasteiger partial charge in [-0.1, -0.05) is 41.4 Å². The van der Waals surface area contributed by atoms with E-state index < -0.39 is 5.91 Å². The zero-order chi connectivity index (χ0) is 16.6. The molecule has 0 radical (unpaired) electrons.